The number of aromatic carboxylic acids is 1. The van der Waals surface area contributed by atoms with Gasteiger partial charge in [0, 0.05) is 25.4 Å². The van der Waals surface area contributed by atoms with Crippen LogP contribution in [-0.2, 0) is 4.79 Å². The Morgan fingerprint density at radius 1 is 1.53 bits per heavy atom. The molecule has 1 atom stereocenters. The molecule has 0 aliphatic carbocycles. The molecule has 7 nitrogen and oxygen atoms in total. The van der Waals surface area contributed by atoms with E-state index in [9.17, 15) is 9.59 Å². The molecular weight excluding hydrogens is 224 g/mol. The number of carbonyl (C=O) groups is 2. The fourth-order valence-electron chi connectivity index (χ4n) is 1.82. The highest BCUT2D eigenvalue weighted by atomic mass is 16.4. The van der Waals surface area contributed by atoms with Crippen LogP contribution in [0.15, 0.2) is 12.4 Å². The number of hydrogen-bond acceptors (Lipinski definition) is 5. The number of aromatic nitrogens is 2. The van der Waals surface area contributed by atoms with Gasteiger partial charge in [-0.15, -0.1) is 0 Å². The van der Waals surface area contributed by atoms with Crippen LogP contribution in [0.4, 0.5) is 5.82 Å². The first-order valence-electron chi connectivity index (χ1n) is 5.18. The van der Waals surface area contributed by atoms with E-state index in [0.717, 1.165) is 0 Å². The number of carbonyl (C=O) groups excluding carboxylic acids is 1. The van der Waals surface area contributed by atoms with Crippen LogP contribution in [0.2, 0.25) is 0 Å². The minimum atomic E-state index is -1.20. The van der Waals surface area contributed by atoms with Crippen molar-refractivity contribution in [2.45, 2.75) is 6.42 Å². The van der Waals surface area contributed by atoms with Gasteiger partial charge in [0.2, 0.25) is 5.91 Å². The Morgan fingerprint density at radius 3 is 2.82 bits per heavy atom. The molecule has 17 heavy (non-hydrogen) atoms. The average molecular weight is 236 g/mol. The Kier molecular flexibility index (Phi) is 3.01. The van der Waals surface area contributed by atoms with E-state index < -0.39 is 5.97 Å². The lowest BCUT2D eigenvalue weighted by molar-refractivity contribution is -0.117. The number of anilines is 1. The number of nitrogens with two attached hydrogens (primary N) is 1. The summed E-state index contributed by atoms with van der Waals surface area (Å²) in [5.41, 5.74) is 5.29. The van der Waals surface area contributed by atoms with Gasteiger partial charge in [0.25, 0.3) is 0 Å². The zero-order chi connectivity index (χ0) is 12.4. The molecule has 7 heteroatoms. The van der Waals surface area contributed by atoms with Gasteiger partial charge < -0.3 is 10.8 Å². The molecule has 0 spiro atoms. The predicted octanol–water partition coefficient (Wildman–Crippen LogP) is -0.514. The van der Waals surface area contributed by atoms with E-state index in [1.807, 2.05) is 0 Å². The van der Waals surface area contributed by atoms with Gasteiger partial charge in [-0.3, -0.25) is 9.69 Å². The van der Waals surface area contributed by atoms with Crippen LogP contribution in [0.3, 0.4) is 0 Å². The summed E-state index contributed by atoms with van der Waals surface area (Å²) in [5.74, 6) is -1.22. The van der Waals surface area contributed by atoms with E-state index in [2.05, 4.69) is 9.97 Å². The van der Waals surface area contributed by atoms with E-state index in [1.165, 1.54) is 17.3 Å². The zero-order valence-corrected chi connectivity index (χ0v) is 9.04. The maximum atomic E-state index is 11.7. The van der Waals surface area contributed by atoms with Crippen LogP contribution >= 0.6 is 0 Å². The Hall–Kier alpha value is -2.02. The van der Waals surface area contributed by atoms with Crippen LogP contribution in [0, 0.1) is 5.92 Å². The van der Waals surface area contributed by atoms with E-state index in [0.29, 0.717) is 19.5 Å². The number of amides is 1. The quantitative estimate of drug-likeness (QED) is 0.731. The van der Waals surface area contributed by atoms with Crippen LogP contribution in [0.1, 0.15) is 16.9 Å². The smallest absolute Gasteiger partial charge is 0.358 e. The van der Waals surface area contributed by atoms with Gasteiger partial charge in [0.15, 0.2) is 11.5 Å². The lowest BCUT2D eigenvalue weighted by atomic mass is 10.1. The van der Waals surface area contributed by atoms with Crippen molar-refractivity contribution >= 4 is 17.7 Å². The van der Waals surface area contributed by atoms with Crippen molar-refractivity contribution in [2.24, 2.45) is 11.7 Å². The Morgan fingerprint density at radius 2 is 2.24 bits per heavy atom. The lowest BCUT2D eigenvalue weighted by Crippen LogP contribution is -2.29. The predicted molar refractivity (Wildman–Crippen MR) is 58.5 cm³/mol. The van der Waals surface area contributed by atoms with E-state index in [-0.39, 0.29) is 23.3 Å². The molecule has 1 aliphatic rings. The first kappa shape index (κ1) is 11.5. The van der Waals surface area contributed by atoms with Crippen molar-refractivity contribution < 1.29 is 14.7 Å². The van der Waals surface area contributed by atoms with Gasteiger partial charge in [0.1, 0.15) is 0 Å². The summed E-state index contributed by atoms with van der Waals surface area (Å²) in [6.07, 6.45) is 2.98. The largest absolute Gasteiger partial charge is 0.476 e. The van der Waals surface area contributed by atoms with Crippen molar-refractivity contribution in [3.05, 3.63) is 18.1 Å². The van der Waals surface area contributed by atoms with Gasteiger partial charge in [-0.05, 0) is 12.5 Å². The van der Waals surface area contributed by atoms with Crippen LogP contribution in [-0.4, -0.2) is 40.0 Å². The summed E-state index contributed by atoms with van der Waals surface area (Å²) >= 11 is 0. The topological polar surface area (TPSA) is 109 Å². The number of rotatable bonds is 3. The molecule has 90 valence electrons. The molecule has 1 amide bonds. The van der Waals surface area contributed by atoms with Crippen molar-refractivity contribution in [3.63, 3.8) is 0 Å². The standard InChI is InChI=1S/C10H12N4O3/c11-4-6-3-7(15)14(5-6)9-8(10(16)17)12-1-2-13-9/h1-2,6H,3-5,11H2,(H,16,17). The Bertz CT molecular complexity index is 463. The number of carboxylic acid groups (broad SMARTS) is 1. The molecule has 0 radical (unpaired) electrons. The minimum Gasteiger partial charge on any atom is -0.476 e. The molecule has 3 N–H and O–H groups in total. The second-order valence-corrected chi connectivity index (χ2v) is 3.84. The number of carboxylic acids is 1. The van der Waals surface area contributed by atoms with Gasteiger partial charge in [-0.25, -0.2) is 14.8 Å². The molecule has 1 fully saturated rings. The highest BCUT2D eigenvalue weighted by Crippen LogP contribution is 2.24. The minimum absolute atomic E-state index is 0.0474. The molecule has 1 aromatic rings. The van der Waals surface area contributed by atoms with Crippen LogP contribution < -0.4 is 10.6 Å². The molecule has 0 saturated carbocycles. The maximum Gasteiger partial charge on any atom is 0.358 e. The van der Waals surface area contributed by atoms with Gasteiger partial charge in [-0.1, -0.05) is 0 Å². The average Bonchev–Trinajstić information content (AvgIpc) is 2.70. The Balaban J connectivity index is 2.35. The maximum absolute atomic E-state index is 11.7. The molecule has 1 saturated heterocycles. The number of nitrogens with zero attached hydrogens (tertiary/aromatic N) is 3. The Labute approximate surface area is 97.3 Å². The van der Waals surface area contributed by atoms with Crippen LogP contribution in [0.5, 0.6) is 0 Å². The van der Waals surface area contributed by atoms with Crippen molar-refractivity contribution in [1.82, 2.24) is 9.97 Å². The molecule has 0 aromatic carbocycles. The highest BCUT2D eigenvalue weighted by Gasteiger charge is 2.33. The molecule has 1 aliphatic heterocycles. The molecule has 0 bridgehead atoms. The fraction of sp³-hybridized carbons (Fsp3) is 0.400. The summed E-state index contributed by atoms with van der Waals surface area (Å²) in [7, 11) is 0. The normalized spacial score (nSPS) is 19.7. The molecule has 1 unspecified atom stereocenters. The second kappa shape index (κ2) is 4.46. The molecule has 2 rings (SSSR count). The van der Waals surface area contributed by atoms with E-state index in [1.54, 1.807) is 0 Å². The SMILES string of the molecule is NCC1CC(=O)N(c2nccnc2C(=O)O)C1. The summed E-state index contributed by atoms with van der Waals surface area (Å²) < 4.78 is 0. The van der Waals surface area contributed by atoms with Crippen LogP contribution in [0.25, 0.3) is 0 Å². The third-order valence-corrected chi connectivity index (χ3v) is 2.68. The van der Waals surface area contributed by atoms with Gasteiger partial charge in [-0.2, -0.15) is 0 Å². The fourth-order valence-corrected chi connectivity index (χ4v) is 1.82. The van der Waals surface area contributed by atoms with Crippen molar-refractivity contribution in [2.75, 3.05) is 18.0 Å². The number of hydrogen-bond donors (Lipinski definition) is 2. The summed E-state index contributed by atoms with van der Waals surface area (Å²) in [4.78, 5) is 31.7. The zero-order valence-electron chi connectivity index (χ0n) is 9.04. The summed E-state index contributed by atoms with van der Waals surface area (Å²) in [6, 6.07) is 0. The summed E-state index contributed by atoms with van der Waals surface area (Å²) in [6.45, 7) is 0.791. The van der Waals surface area contributed by atoms with Crippen molar-refractivity contribution in [1.29, 1.82) is 0 Å². The molecule has 1 aromatic heterocycles. The first-order valence-corrected chi connectivity index (χ1v) is 5.18. The molecule has 2 heterocycles. The monoisotopic (exact) mass is 236 g/mol. The third-order valence-electron chi connectivity index (χ3n) is 2.68. The van der Waals surface area contributed by atoms with Gasteiger partial charge >= 0.3 is 5.97 Å². The van der Waals surface area contributed by atoms with Gasteiger partial charge in [0.05, 0.1) is 0 Å². The summed E-state index contributed by atoms with van der Waals surface area (Å²) in [5, 5.41) is 8.97. The third kappa shape index (κ3) is 2.09. The van der Waals surface area contributed by atoms with E-state index in [4.69, 9.17) is 10.8 Å². The highest BCUT2D eigenvalue weighted by molar-refractivity contribution is 6.00. The lowest BCUT2D eigenvalue weighted by Gasteiger charge is -2.16. The second-order valence-electron chi connectivity index (χ2n) is 3.84. The van der Waals surface area contributed by atoms with Crippen molar-refractivity contribution in [3.8, 4) is 0 Å². The van der Waals surface area contributed by atoms with E-state index >= 15 is 0 Å². The first-order chi connectivity index (χ1) is 8.13. The molecular formula is C10H12N4O3.